The topological polar surface area (TPSA) is 37.4 Å². The number of thiocarbonyl (C=S) groups is 1. The van der Waals surface area contributed by atoms with Crippen molar-refractivity contribution in [2.45, 2.75) is 25.6 Å². The number of pyridine rings is 1. The predicted octanol–water partition coefficient (Wildman–Crippen LogP) is 4.63. The summed E-state index contributed by atoms with van der Waals surface area (Å²) in [5.74, 6) is 0.859. The number of ether oxygens (including phenoxy) is 1. The van der Waals surface area contributed by atoms with Crippen molar-refractivity contribution in [3.8, 4) is 5.75 Å². The van der Waals surface area contributed by atoms with E-state index in [9.17, 15) is 0 Å². The van der Waals surface area contributed by atoms with E-state index < -0.39 is 0 Å². The molecule has 4 nitrogen and oxygen atoms in total. The van der Waals surface area contributed by atoms with Crippen LogP contribution < -0.4 is 10.1 Å². The Morgan fingerprint density at radius 3 is 2.59 bits per heavy atom. The van der Waals surface area contributed by atoms with E-state index in [0.29, 0.717) is 0 Å². The SMILES string of the molecule is COc1ccc(CN2C(=S)N[C@@H](c3ccccn3)[C@H]2c2ccc(C)s2)cc1. The summed E-state index contributed by atoms with van der Waals surface area (Å²) in [6.07, 6.45) is 1.84. The molecule has 1 N–H and O–H groups in total. The van der Waals surface area contributed by atoms with Crippen molar-refractivity contribution in [2.75, 3.05) is 7.11 Å². The minimum absolute atomic E-state index is 0.0370. The number of benzene rings is 1. The fraction of sp³-hybridized carbons (Fsp3) is 0.238. The first kappa shape index (κ1) is 17.9. The highest BCUT2D eigenvalue weighted by Gasteiger charge is 2.40. The molecule has 2 atom stereocenters. The van der Waals surface area contributed by atoms with E-state index in [1.54, 1.807) is 7.11 Å². The summed E-state index contributed by atoms with van der Waals surface area (Å²) in [5, 5.41) is 4.26. The van der Waals surface area contributed by atoms with Crippen LogP contribution in [0.5, 0.6) is 5.75 Å². The smallest absolute Gasteiger partial charge is 0.170 e. The molecule has 2 aromatic heterocycles. The van der Waals surface area contributed by atoms with Gasteiger partial charge in [0.05, 0.1) is 24.9 Å². The first-order valence-electron chi connectivity index (χ1n) is 8.83. The summed E-state index contributed by atoms with van der Waals surface area (Å²) in [5.41, 5.74) is 2.20. The molecule has 0 aliphatic carbocycles. The molecule has 138 valence electrons. The first-order valence-corrected chi connectivity index (χ1v) is 10.1. The van der Waals surface area contributed by atoms with E-state index in [2.05, 4.69) is 52.5 Å². The van der Waals surface area contributed by atoms with Crippen LogP contribution in [0.3, 0.4) is 0 Å². The van der Waals surface area contributed by atoms with Gasteiger partial charge in [-0.15, -0.1) is 11.3 Å². The summed E-state index contributed by atoms with van der Waals surface area (Å²) >= 11 is 7.53. The zero-order valence-corrected chi connectivity index (χ0v) is 16.9. The van der Waals surface area contributed by atoms with Gasteiger partial charge in [0, 0.05) is 22.5 Å². The van der Waals surface area contributed by atoms with E-state index in [1.165, 1.54) is 15.3 Å². The van der Waals surface area contributed by atoms with Crippen LogP contribution in [0.25, 0.3) is 0 Å². The largest absolute Gasteiger partial charge is 0.497 e. The van der Waals surface area contributed by atoms with Crippen molar-refractivity contribution in [1.82, 2.24) is 15.2 Å². The number of thiophene rings is 1. The Bertz CT molecular complexity index is 924. The number of nitrogens with zero attached hydrogens (tertiary/aromatic N) is 2. The van der Waals surface area contributed by atoms with Gasteiger partial charge in [-0.3, -0.25) is 4.98 Å². The van der Waals surface area contributed by atoms with Crippen LogP contribution in [0, 0.1) is 6.92 Å². The Labute approximate surface area is 168 Å². The Kier molecular flexibility index (Phi) is 5.09. The van der Waals surface area contributed by atoms with Crippen LogP contribution in [0.2, 0.25) is 0 Å². The Hall–Kier alpha value is -2.44. The molecule has 6 heteroatoms. The van der Waals surface area contributed by atoms with Gasteiger partial charge in [-0.05, 0) is 61.1 Å². The summed E-state index contributed by atoms with van der Waals surface area (Å²) in [7, 11) is 1.68. The Morgan fingerprint density at radius 2 is 1.96 bits per heavy atom. The van der Waals surface area contributed by atoms with Crippen molar-refractivity contribution in [3.05, 3.63) is 81.8 Å². The molecule has 1 aliphatic rings. The average Bonchev–Trinajstić information content (AvgIpc) is 3.26. The Balaban J connectivity index is 1.68. The maximum atomic E-state index is 5.72. The van der Waals surface area contributed by atoms with Crippen molar-refractivity contribution in [1.29, 1.82) is 0 Å². The lowest BCUT2D eigenvalue weighted by molar-refractivity contribution is 0.315. The highest BCUT2D eigenvalue weighted by Crippen LogP contribution is 2.41. The zero-order valence-electron chi connectivity index (χ0n) is 15.3. The highest BCUT2D eigenvalue weighted by molar-refractivity contribution is 7.80. The molecular formula is C21H21N3OS2. The van der Waals surface area contributed by atoms with Gasteiger partial charge in [0.15, 0.2) is 5.11 Å². The third kappa shape index (κ3) is 3.68. The van der Waals surface area contributed by atoms with E-state index in [0.717, 1.165) is 23.1 Å². The third-order valence-electron chi connectivity index (χ3n) is 4.76. The quantitative estimate of drug-likeness (QED) is 0.638. The van der Waals surface area contributed by atoms with Crippen LogP contribution in [0.15, 0.2) is 60.8 Å². The number of methoxy groups -OCH3 is 1. The Morgan fingerprint density at radius 1 is 1.15 bits per heavy atom. The van der Waals surface area contributed by atoms with E-state index in [-0.39, 0.29) is 12.1 Å². The van der Waals surface area contributed by atoms with Crippen LogP contribution in [0.4, 0.5) is 0 Å². The minimum Gasteiger partial charge on any atom is -0.497 e. The first-order chi connectivity index (χ1) is 13.2. The molecule has 3 aromatic rings. The number of nitrogens with one attached hydrogen (secondary N) is 1. The molecule has 3 heterocycles. The zero-order chi connectivity index (χ0) is 18.8. The summed E-state index contributed by atoms with van der Waals surface area (Å²) in [4.78, 5) is 9.44. The summed E-state index contributed by atoms with van der Waals surface area (Å²) in [6, 6.07) is 18.7. The van der Waals surface area contributed by atoms with Crippen LogP contribution in [-0.2, 0) is 6.54 Å². The number of aromatic nitrogens is 1. The van der Waals surface area contributed by atoms with Gasteiger partial charge in [0.2, 0.25) is 0 Å². The molecule has 0 bridgehead atoms. The molecule has 1 fully saturated rings. The average molecular weight is 396 g/mol. The molecule has 4 rings (SSSR count). The molecule has 0 amide bonds. The van der Waals surface area contributed by atoms with Crippen LogP contribution >= 0.6 is 23.6 Å². The van der Waals surface area contributed by atoms with Gasteiger partial charge in [0.25, 0.3) is 0 Å². The number of hydrogen-bond acceptors (Lipinski definition) is 4. The maximum absolute atomic E-state index is 5.72. The van der Waals surface area contributed by atoms with E-state index in [1.807, 2.05) is 41.8 Å². The fourth-order valence-electron chi connectivity index (χ4n) is 3.42. The second-order valence-corrected chi connectivity index (χ2v) is 8.26. The van der Waals surface area contributed by atoms with Crippen molar-refractivity contribution in [2.24, 2.45) is 0 Å². The number of aryl methyl sites for hydroxylation is 1. The normalized spacial score (nSPS) is 19.2. The van der Waals surface area contributed by atoms with Gasteiger partial charge in [0.1, 0.15) is 5.75 Å². The lowest BCUT2D eigenvalue weighted by Gasteiger charge is -2.27. The monoisotopic (exact) mass is 395 g/mol. The lowest BCUT2D eigenvalue weighted by atomic mass is 10.0. The van der Waals surface area contributed by atoms with Gasteiger partial charge in [-0.1, -0.05) is 18.2 Å². The van der Waals surface area contributed by atoms with Gasteiger partial charge in [-0.25, -0.2) is 0 Å². The molecule has 1 saturated heterocycles. The molecule has 27 heavy (non-hydrogen) atoms. The van der Waals surface area contributed by atoms with Gasteiger partial charge >= 0.3 is 0 Å². The van der Waals surface area contributed by atoms with Crippen LogP contribution in [-0.4, -0.2) is 22.1 Å². The minimum atomic E-state index is 0.0370. The van der Waals surface area contributed by atoms with Crippen molar-refractivity contribution >= 4 is 28.7 Å². The maximum Gasteiger partial charge on any atom is 0.170 e. The third-order valence-corrected chi connectivity index (χ3v) is 6.19. The second-order valence-electron chi connectivity index (χ2n) is 6.55. The molecular weight excluding hydrogens is 374 g/mol. The standard InChI is InChI=1S/C21H21N3OS2/c1-14-6-11-18(27-14)20-19(17-5-3-4-12-22-17)23-21(26)24(20)13-15-7-9-16(25-2)10-8-15/h3-12,19-20H,13H2,1-2H3,(H,23,26)/t19-,20+/m0/s1. The molecule has 0 unspecified atom stereocenters. The van der Waals surface area contributed by atoms with E-state index in [4.69, 9.17) is 17.0 Å². The fourth-order valence-corrected chi connectivity index (χ4v) is 4.76. The van der Waals surface area contributed by atoms with Crippen LogP contribution in [0.1, 0.15) is 33.1 Å². The van der Waals surface area contributed by atoms with Crippen molar-refractivity contribution in [3.63, 3.8) is 0 Å². The van der Waals surface area contributed by atoms with Crippen molar-refractivity contribution < 1.29 is 4.74 Å². The van der Waals surface area contributed by atoms with E-state index >= 15 is 0 Å². The lowest BCUT2D eigenvalue weighted by Crippen LogP contribution is -2.28. The highest BCUT2D eigenvalue weighted by atomic mass is 32.1. The molecule has 0 saturated carbocycles. The molecule has 1 aliphatic heterocycles. The molecule has 1 aromatic carbocycles. The molecule has 0 radical (unpaired) electrons. The summed E-state index contributed by atoms with van der Waals surface area (Å²) < 4.78 is 5.27. The second kappa shape index (κ2) is 7.66. The predicted molar refractivity (Wildman–Crippen MR) is 113 cm³/mol. The molecule has 0 spiro atoms. The van der Waals surface area contributed by atoms with Gasteiger partial charge < -0.3 is 15.0 Å². The number of rotatable bonds is 5. The number of hydrogen-bond donors (Lipinski definition) is 1. The summed E-state index contributed by atoms with van der Waals surface area (Å²) in [6.45, 7) is 2.87. The van der Waals surface area contributed by atoms with Gasteiger partial charge in [-0.2, -0.15) is 0 Å².